The highest BCUT2D eigenvalue weighted by molar-refractivity contribution is 5.95. The number of benzene rings is 1. The van der Waals surface area contributed by atoms with Crippen molar-refractivity contribution in [2.75, 3.05) is 45.2 Å². The monoisotopic (exact) mass is 354 g/mol. The molecule has 1 aromatic heterocycles. The number of H-pyrrole nitrogens is 1. The highest BCUT2D eigenvalue weighted by atomic mass is 16.2. The van der Waals surface area contributed by atoms with Crippen LogP contribution in [0.4, 0.5) is 5.69 Å². The van der Waals surface area contributed by atoms with Gasteiger partial charge in [-0.05, 0) is 36.8 Å². The summed E-state index contributed by atoms with van der Waals surface area (Å²) in [7, 11) is 3.92. The van der Waals surface area contributed by atoms with Gasteiger partial charge in [-0.15, -0.1) is 0 Å². The van der Waals surface area contributed by atoms with Crippen LogP contribution in [-0.4, -0.2) is 66.9 Å². The minimum absolute atomic E-state index is 0.0346. The second kappa shape index (κ2) is 8.08. The molecule has 6 heteroatoms. The zero-order chi connectivity index (χ0) is 18.5. The molecule has 2 amide bonds. The highest BCUT2D eigenvalue weighted by Gasteiger charge is 2.23. The van der Waals surface area contributed by atoms with Crippen LogP contribution in [0, 0.1) is 0 Å². The number of nitrogens with one attached hydrogen (secondary N) is 1. The molecule has 0 radical (unpaired) electrons. The maximum atomic E-state index is 12.9. The van der Waals surface area contributed by atoms with Crippen LogP contribution in [0.2, 0.25) is 0 Å². The summed E-state index contributed by atoms with van der Waals surface area (Å²) in [5.74, 6) is 0.142. The van der Waals surface area contributed by atoms with Crippen LogP contribution >= 0.6 is 0 Å². The maximum Gasteiger partial charge on any atom is 0.253 e. The number of nitrogens with zero attached hydrogens (tertiary/aromatic N) is 3. The van der Waals surface area contributed by atoms with Crippen molar-refractivity contribution in [2.45, 2.75) is 12.8 Å². The van der Waals surface area contributed by atoms with Crippen molar-refractivity contribution in [3.63, 3.8) is 0 Å². The number of aromatic nitrogens is 1. The standard InChI is InChI=1S/C20H26N4O2/c1-22(2)18-8-3-6-16(14-18)20(26)24-11-5-10-23(12-13-24)19(25)15-17-7-4-9-21-17/h3-4,6-9,14,21H,5,10-13,15H2,1-2H3. The maximum absolute atomic E-state index is 12.9. The number of aromatic amines is 1. The number of amides is 2. The predicted molar refractivity (Wildman–Crippen MR) is 102 cm³/mol. The lowest BCUT2D eigenvalue weighted by molar-refractivity contribution is -0.130. The molecule has 1 aliphatic heterocycles. The van der Waals surface area contributed by atoms with Crippen LogP contribution in [-0.2, 0) is 11.2 Å². The van der Waals surface area contributed by atoms with Gasteiger partial charge in [0.05, 0.1) is 6.42 Å². The van der Waals surface area contributed by atoms with E-state index in [0.717, 1.165) is 17.8 Å². The van der Waals surface area contributed by atoms with E-state index >= 15 is 0 Å². The first-order valence-electron chi connectivity index (χ1n) is 9.01. The average Bonchev–Trinajstić information content (AvgIpc) is 3.02. The van der Waals surface area contributed by atoms with Crippen LogP contribution in [0.25, 0.3) is 0 Å². The summed E-state index contributed by atoms with van der Waals surface area (Å²) in [6, 6.07) is 11.5. The van der Waals surface area contributed by atoms with Crippen LogP contribution < -0.4 is 4.90 Å². The summed E-state index contributed by atoms with van der Waals surface area (Å²) < 4.78 is 0. The first-order valence-corrected chi connectivity index (χ1v) is 9.01. The molecular formula is C20H26N4O2. The van der Waals surface area contributed by atoms with Crippen LogP contribution in [0.5, 0.6) is 0 Å². The third kappa shape index (κ3) is 4.25. The fraction of sp³-hybridized carbons (Fsp3) is 0.400. The molecule has 0 unspecified atom stereocenters. The third-order valence-electron chi connectivity index (χ3n) is 4.75. The number of carbonyl (C=O) groups is 2. The van der Waals surface area contributed by atoms with Crippen LogP contribution in [0.15, 0.2) is 42.6 Å². The van der Waals surface area contributed by atoms with E-state index < -0.39 is 0 Å². The number of anilines is 1. The van der Waals surface area contributed by atoms with Gasteiger partial charge < -0.3 is 19.7 Å². The SMILES string of the molecule is CN(C)c1cccc(C(=O)N2CCCN(C(=O)Cc3ccc[nH]3)CC2)c1. The second-order valence-electron chi connectivity index (χ2n) is 6.84. The zero-order valence-corrected chi connectivity index (χ0v) is 15.4. The topological polar surface area (TPSA) is 59.7 Å². The van der Waals surface area contributed by atoms with Crippen LogP contribution in [0.1, 0.15) is 22.5 Å². The molecule has 2 heterocycles. The van der Waals surface area contributed by atoms with Crippen molar-refractivity contribution < 1.29 is 9.59 Å². The molecule has 1 saturated heterocycles. The molecule has 6 nitrogen and oxygen atoms in total. The molecular weight excluding hydrogens is 328 g/mol. The molecule has 1 aliphatic rings. The first kappa shape index (κ1) is 18.0. The number of carbonyl (C=O) groups excluding carboxylic acids is 2. The van der Waals surface area contributed by atoms with Crippen molar-refractivity contribution in [3.05, 3.63) is 53.9 Å². The molecule has 26 heavy (non-hydrogen) atoms. The molecule has 3 rings (SSSR count). The Morgan fingerprint density at radius 3 is 2.54 bits per heavy atom. The van der Waals surface area contributed by atoms with Gasteiger partial charge in [-0.3, -0.25) is 9.59 Å². The molecule has 138 valence electrons. The third-order valence-corrected chi connectivity index (χ3v) is 4.75. The van der Waals surface area contributed by atoms with Gasteiger partial charge >= 0.3 is 0 Å². The molecule has 0 atom stereocenters. The number of rotatable bonds is 4. The summed E-state index contributed by atoms with van der Waals surface area (Å²) >= 11 is 0. The van der Waals surface area contributed by atoms with Crippen molar-refractivity contribution >= 4 is 17.5 Å². The minimum Gasteiger partial charge on any atom is -0.378 e. The Balaban J connectivity index is 1.62. The minimum atomic E-state index is 0.0346. The average molecular weight is 354 g/mol. The summed E-state index contributed by atoms with van der Waals surface area (Å²) in [5, 5.41) is 0. The summed E-state index contributed by atoms with van der Waals surface area (Å²) in [4.78, 5) is 34.1. The van der Waals surface area contributed by atoms with E-state index in [1.807, 2.05) is 71.4 Å². The van der Waals surface area contributed by atoms with E-state index in [-0.39, 0.29) is 11.8 Å². The highest BCUT2D eigenvalue weighted by Crippen LogP contribution is 2.16. The van der Waals surface area contributed by atoms with Gasteiger partial charge in [0.1, 0.15) is 0 Å². The molecule has 0 aliphatic carbocycles. The van der Waals surface area contributed by atoms with E-state index in [4.69, 9.17) is 0 Å². The molecule has 1 aromatic carbocycles. The second-order valence-corrected chi connectivity index (χ2v) is 6.84. The Hall–Kier alpha value is -2.76. The quantitative estimate of drug-likeness (QED) is 0.914. The fourth-order valence-electron chi connectivity index (χ4n) is 3.22. The molecule has 1 fully saturated rings. The Morgan fingerprint density at radius 2 is 1.81 bits per heavy atom. The lowest BCUT2D eigenvalue weighted by atomic mass is 10.1. The summed E-state index contributed by atoms with van der Waals surface area (Å²) in [6.45, 7) is 2.53. The summed E-state index contributed by atoms with van der Waals surface area (Å²) in [6.07, 6.45) is 3.01. The smallest absolute Gasteiger partial charge is 0.253 e. The van der Waals surface area contributed by atoms with Gasteiger partial charge in [-0.25, -0.2) is 0 Å². The van der Waals surface area contributed by atoms with Crippen LogP contribution in [0.3, 0.4) is 0 Å². The van der Waals surface area contributed by atoms with E-state index in [1.165, 1.54) is 0 Å². The van der Waals surface area contributed by atoms with Crippen molar-refractivity contribution in [1.29, 1.82) is 0 Å². The van der Waals surface area contributed by atoms with Gasteiger partial charge in [0.15, 0.2) is 0 Å². The predicted octanol–water partition coefficient (Wildman–Crippen LogP) is 2.00. The fourth-order valence-corrected chi connectivity index (χ4v) is 3.22. The van der Waals surface area contributed by atoms with E-state index in [2.05, 4.69) is 4.98 Å². The molecule has 0 bridgehead atoms. The van der Waals surface area contributed by atoms with Gasteiger partial charge in [0.2, 0.25) is 5.91 Å². The number of hydrogen-bond donors (Lipinski definition) is 1. The summed E-state index contributed by atoms with van der Waals surface area (Å²) in [5.41, 5.74) is 2.63. The molecule has 0 saturated carbocycles. The Kier molecular flexibility index (Phi) is 5.61. The van der Waals surface area contributed by atoms with E-state index in [0.29, 0.717) is 38.2 Å². The molecule has 2 aromatic rings. The zero-order valence-electron chi connectivity index (χ0n) is 15.4. The van der Waals surface area contributed by atoms with Crippen molar-refractivity contribution in [2.24, 2.45) is 0 Å². The van der Waals surface area contributed by atoms with E-state index in [9.17, 15) is 9.59 Å². The number of hydrogen-bond acceptors (Lipinski definition) is 3. The van der Waals surface area contributed by atoms with Gasteiger partial charge in [0.25, 0.3) is 5.91 Å². The first-order chi connectivity index (χ1) is 12.5. The van der Waals surface area contributed by atoms with Gasteiger partial charge in [0, 0.05) is 63.4 Å². The van der Waals surface area contributed by atoms with E-state index in [1.54, 1.807) is 0 Å². The van der Waals surface area contributed by atoms with Gasteiger partial charge in [-0.1, -0.05) is 6.07 Å². The lowest BCUT2D eigenvalue weighted by Crippen LogP contribution is -2.38. The Bertz CT molecular complexity index is 755. The Labute approximate surface area is 154 Å². The van der Waals surface area contributed by atoms with Crippen molar-refractivity contribution in [1.82, 2.24) is 14.8 Å². The normalized spacial score (nSPS) is 14.8. The largest absolute Gasteiger partial charge is 0.378 e. The van der Waals surface area contributed by atoms with Crippen molar-refractivity contribution in [3.8, 4) is 0 Å². The lowest BCUT2D eigenvalue weighted by Gasteiger charge is -2.23. The molecule has 1 N–H and O–H groups in total. The Morgan fingerprint density at radius 1 is 1.04 bits per heavy atom. The molecule has 0 spiro atoms. The van der Waals surface area contributed by atoms with Gasteiger partial charge in [-0.2, -0.15) is 0 Å².